The Balaban J connectivity index is 1.24. The predicted molar refractivity (Wildman–Crippen MR) is 125 cm³/mol. The normalized spacial score (nSPS) is 13.8. The first kappa shape index (κ1) is 21.7. The summed E-state index contributed by atoms with van der Waals surface area (Å²) in [6.07, 6.45) is 1.82. The number of halogens is 1. The standard InChI is InChI=1S/C25H24FN5O3/c1-33-22-7-3-2-5-20(22)29-13-15-30(16-14-29)23(32)17-31-12-4-6-21(31)25-27-24(28-34-25)18-8-10-19(26)11-9-18/h2-12H,13-17H2,1H3. The van der Waals surface area contributed by atoms with Gasteiger partial charge in [-0.05, 0) is 48.5 Å². The summed E-state index contributed by atoms with van der Waals surface area (Å²) < 4.78 is 25.9. The van der Waals surface area contributed by atoms with Crippen molar-refractivity contribution in [3.05, 3.63) is 72.7 Å². The van der Waals surface area contributed by atoms with E-state index >= 15 is 0 Å². The van der Waals surface area contributed by atoms with Crippen LogP contribution in [0.1, 0.15) is 0 Å². The topological polar surface area (TPSA) is 76.6 Å². The molecule has 0 radical (unpaired) electrons. The third-order valence-corrected chi connectivity index (χ3v) is 5.94. The molecule has 0 unspecified atom stereocenters. The largest absolute Gasteiger partial charge is 0.495 e. The Labute approximate surface area is 196 Å². The van der Waals surface area contributed by atoms with Crippen molar-refractivity contribution in [2.24, 2.45) is 0 Å². The van der Waals surface area contributed by atoms with Crippen molar-refractivity contribution < 1.29 is 18.4 Å². The Morgan fingerprint density at radius 3 is 2.56 bits per heavy atom. The van der Waals surface area contributed by atoms with Crippen molar-refractivity contribution in [3.63, 3.8) is 0 Å². The van der Waals surface area contributed by atoms with Gasteiger partial charge in [-0.3, -0.25) is 4.79 Å². The van der Waals surface area contributed by atoms with E-state index in [2.05, 4.69) is 15.0 Å². The minimum absolute atomic E-state index is 0.0235. The SMILES string of the molecule is COc1ccccc1N1CCN(C(=O)Cn2cccc2-c2nc(-c3ccc(F)cc3)no2)CC1. The number of nitrogens with zero attached hydrogens (tertiary/aromatic N) is 5. The summed E-state index contributed by atoms with van der Waals surface area (Å²) in [5.74, 6) is 1.19. The molecule has 8 nitrogen and oxygen atoms in total. The van der Waals surface area contributed by atoms with Gasteiger partial charge in [-0.2, -0.15) is 4.98 Å². The number of ether oxygens (including phenoxy) is 1. The fourth-order valence-electron chi connectivity index (χ4n) is 4.12. The Morgan fingerprint density at radius 1 is 1.03 bits per heavy atom. The van der Waals surface area contributed by atoms with Gasteiger partial charge in [-0.15, -0.1) is 0 Å². The number of methoxy groups -OCH3 is 1. The number of carbonyl (C=O) groups excluding carboxylic acids is 1. The molecular formula is C25H24FN5O3. The zero-order valence-corrected chi connectivity index (χ0v) is 18.7. The molecule has 0 N–H and O–H groups in total. The lowest BCUT2D eigenvalue weighted by atomic mass is 10.2. The highest BCUT2D eigenvalue weighted by atomic mass is 19.1. The van der Waals surface area contributed by atoms with E-state index in [1.165, 1.54) is 12.1 Å². The fourth-order valence-corrected chi connectivity index (χ4v) is 4.12. The Morgan fingerprint density at radius 2 is 1.79 bits per heavy atom. The lowest BCUT2D eigenvalue weighted by molar-refractivity contribution is -0.132. The van der Waals surface area contributed by atoms with Crippen LogP contribution in [0.5, 0.6) is 5.75 Å². The van der Waals surface area contributed by atoms with Crippen LogP contribution < -0.4 is 9.64 Å². The summed E-state index contributed by atoms with van der Waals surface area (Å²) in [5.41, 5.74) is 2.35. The molecule has 2 aromatic heterocycles. The van der Waals surface area contributed by atoms with E-state index in [1.54, 1.807) is 23.8 Å². The van der Waals surface area contributed by atoms with Crippen LogP contribution in [0.15, 0.2) is 71.4 Å². The van der Waals surface area contributed by atoms with E-state index in [4.69, 9.17) is 9.26 Å². The van der Waals surface area contributed by atoms with Gasteiger partial charge in [-0.1, -0.05) is 17.3 Å². The molecule has 2 aromatic carbocycles. The van der Waals surface area contributed by atoms with Crippen LogP contribution in [-0.2, 0) is 11.3 Å². The Kier molecular flexibility index (Phi) is 5.99. The van der Waals surface area contributed by atoms with E-state index in [-0.39, 0.29) is 18.3 Å². The molecule has 0 atom stereocenters. The number of aromatic nitrogens is 3. The minimum Gasteiger partial charge on any atom is -0.495 e. The highest BCUT2D eigenvalue weighted by molar-refractivity contribution is 5.77. The number of anilines is 1. The number of hydrogen-bond acceptors (Lipinski definition) is 6. The summed E-state index contributed by atoms with van der Waals surface area (Å²) in [4.78, 5) is 21.6. The van der Waals surface area contributed by atoms with E-state index in [0.29, 0.717) is 36.1 Å². The molecular weight excluding hydrogens is 437 g/mol. The van der Waals surface area contributed by atoms with Crippen LogP contribution in [0.3, 0.4) is 0 Å². The highest BCUT2D eigenvalue weighted by Gasteiger charge is 2.24. The maximum Gasteiger partial charge on any atom is 0.274 e. The summed E-state index contributed by atoms with van der Waals surface area (Å²) in [7, 11) is 1.67. The smallest absolute Gasteiger partial charge is 0.274 e. The number of amides is 1. The molecule has 0 spiro atoms. The van der Waals surface area contributed by atoms with Gasteiger partial charge in [0.2, 0.25) is 11.7 Å². The number of piperazine rings is 1. The molecule has 4 aromatic rings. The molecule has 1 fully saturated rings. The molecule has 0 aliphatic carbocycles. The fraction of sp³-hybridized carbons (Fsp3) is 0.240. The number of para-hydroxylation sites is 2. The van der Waals surface area contributed by atoms with Crippen molar-refractivity contribution in [3.8, 4) is 28.7 Å². The molecule has 9 heteroatoms. The zero-order valence-electron chi connectivity index (χ0n) is 18.7. The third-order valence-electron chi connectivity index (χ3n) is 5.94. The number of benzene rings is 2. The lowest BCUT2D eigenvalue weighted by Crippen LogP contribution is -2.49. The summed E-state index contributed by atoms with van der Waals surface area (Å²) >= 11 is 0. The van der Waals surface area contributed by atoms with Gasteiger partial charge >= 0.3 is 0 Å². The second kappa shape index (κ2) is 9.38. The number of hydrogen-bond donors (Lipinski definition) is 0. The molecule has 0 saturated carbocycles. The van der Waals surface area contributed by atoms with Gasteiger partial charge in [0.05, 0.1) is 12.8 Å². The van der Waals surface area contributed by atoms with Crippen molar-refractivity contribution >= 4 is 11.6 Å². The highest BCUT2D eigenvalue weighted by Crippen LogP contribution is 2.28. The number of rotatable bonds is 6. The van der Waals surface area contributed by atoms with E-state index < -0.39 is 0 Å². The molecule has 3 heterocycles. The third kappa shape index (κ3) is 4.36. The van der Waals surface area contributed by atoms with Crippen LogP contribution in [0.2, 0.25) is 0 Å². The molecule has 5 rings (SSSR count). The van der Waals surface area contributed by atoms with Crippen LogP contribution in [0.25, 0.3) is 23.0 Å². The van der Waals surface area contributed by atoms with Gasteiger partial charge in [0.1, 0.15) is 23.8 Å². The van der Waals surface area contributed by atoms with Gasteiger partial charge in [0, 0.05) is 37.9 Å². The van der Waals surface area contributed by atoms with Crippen molar-refractivity contribution in [2.75, 3.05) is 38.2 Å². The van der Waals surface area contributed by atoms with Crippen molar-refractivity contribution in [1.82, 2.24) is 19.6 Å². The number of carbonyl (C=O) groups is 1. The van der Waals surface area contributed by atoms with Crippen LogP contribution >= 0.6 is 0 Å². The molecule has 1 saturated heterocycles. The first-order chi connectivity index (χ1) is 16.6. The van der Waals surface area contributed by atoms with Gasteiger partial charge in [0.15, 0.2) is 0 Å². The van der Waals surface area contributed by atoms with Gasteiger partial charge in [-0.25, -0.2) is 4.39 Å². The zero-order chi connectivity index (χ0) is 23.5. The quantitative estimate of drug-likeness (QED) is 0.436. The molecule has 1 amide bonds. The Hall–Kier alpha value is -4.14. The average molecular weight is 461 g/mol. The van der Waals surface area contributed by atoms with E-state index in [0.717, 1.165) is 24.5 Å². The minimum atomic E-state index is -0.330. The van der Waals surface area contributed by atoms with E-state index in [9.17, 15) is 9.18 Å². The van der Waals surface area contributed by atoms with Gasteiger partial charge < -0.3 is 23.6 Å². The molecule has 0 bridgehead atoms. The molecule has 1 aliphatic heterocycles. The molecule has 174 valence electrons. The lowest BCUT2D eigenvalue weighted by Gasteiger charge is -2.36. The van der Waals surface area contributed by atoms with Crippen LogP contribution in [0, 0.1) is 5.82 Å². The average Bonchev–Trinajstić information content (AvgIpc) is 3.54. The maximum atomic E-state index is 13.2. The molecule has 34 heavy (non-hydrogen) atoms. The Bertz CT molecular complexity index is 1280. The summed E-state index contributed by atoms with van der Waals surface area (Å²) in [5, 5.41) is 4.00. The first-order valence-electron chi connectivity index (χ1n) is 11.0. The second-order valence-corrected chi connectivity index (χ2v) is 7.99. The van der Waals surface area contributed by atoms with Crippen LogP contribution in [0.4, 0.5) is 10.1 Å². The summed E-state index contributed by atoms with van der Waals surface area (Å²) in [6.45, 7) is 2.89. The molecule has 1 aliphatic rings. The predicted octanol–water partition coefficient (Wildman–Crippen LogP) is 3.70. The van der Waals surface area contributed by atoms with E-state index in [1.807, 2.05) is 47.5 Å². The van der Waals surface area contributed by atoms with Crippen LogP contribution in [-0.4, -0.2) is 58.8 Å². The second-order valence-electron chi connectivity index (χ2n) is 7.99. The summed E-state index contributed by atoms with van der Waals surface area (Å²) in [6, 6.07) is 17.5. The van der Waals surface area contributed by atoms with Crippen molar-refractivity contribution in [2.45, 2.75) is 6.54 Å². The maximum absolute atomic E-state index is 13.2. The monoisotopic (exact) mass is 461 g/mol. The van der Waals surface area contributed by atoms with Gasteiger partial charge in [0.25, 0.3) is 5.89 Å². The van der Waals surface area contributed by atoms with Crippen molar-refractivity contribution in [1.29, 1.82) is 0 Å². The first-order valence-corrected chi connectivity index (χ1v) is 11.0.